The van der Waals surface area contributed by atoms with Crippen LogP contribution >= 0.6 is 0 Å². The monoisotopic (exact) mass is 608 g/mol. The summed E-state index contributed by atoms with van der Waals surface area (Å²) in [5, 5.41) is 3.95. The van der Waals surface area contributed by atoms with E-state index in [0.29, 0.717) is 34.4 Å². The standard InChI is InChI=1S/C33H40BF3N4O3/c1-31(2)32(3,4)44-34(43-31)24-13-14-28-26(18-24)27(30(42)41-17-7-8-25(41)21-40-15-5-6-16-40)19-29(39-28)38-20-22-9-11-23(12-10-22)33(35,36)37/h9-14,18-19,25H,5-8,15-17,20-21H2,1-4H3,(H,38,39)/t25-/m0/s1. The molecule has 0 radical (unpaired) electrons. The van der Waals surface area contributed by atoms with E-state index in [1.807, 2.05) is 50.8 Å². The largest absolute Gasteiger partial charge is 0.494 e. The number of rotatable bonds is 7. The molecule has 3 fully saturated rings. The third-order valence-electron chi connectivity index (χ3n) is 9.65. The highest BCUT2D eigenvalue weighted by Gasteiger charge is 2.51. The molecule has 44 heavy (non-hydrogen) atoms. The van der Waals surface area contributed by atoms with Crippen LogP contribution in [0.2, 0.25) is 0 Å². The van der Waals surface area contributed by atoms with E-state index >= 15 is 0 Å². The van der Waals surface area contributed by atoms with Crippen molar-refractivity contribution in [1.82, 2.24) is 14.8 Å². The third kappa shape index (κ3) is 6.19. The van der Waals surface area contributed by atoms with E-state index in [0.717, 1.165) is 50.1 Å². The predicted octanol–water partition coefficient (Wildman–Crippen LogP) is 5.87. The second-order valence-electron chi connectivity index (χ2n) is 13.3. The van der Waals surface area contributed by atoms with Crippen LogP contribution in [-0.2, 0) is 22.0 Å². The fourth-order valence-electron chi connectivity index (χ4n) is 6.35. The molecule has 0 unspecified atom stereocenters. The van der Waals surface area contributed by atoms with Crippen LogP contribution in [-0.4, -0.2) is 71.2 Å². The Balaban J connectivity index is 1.32. The number of alkyl halides is 3. The first-order chi connectivity index (χ1) is 20.8. The Morgan fingerprint density at radius 1 is 0.977 bits per heavy atom. The van der Waals surface area contributed by atoms with Crippen LogP contribution in [0.3, 0.4) is 0 Å². The molecule has 1 atom stereocenters. The summed E-state index contributed by atoms with van der Waals surface area (Å²) < 4.78 is 51.7. The summed E-state index contributed by atoms with van der Waals surface area (Å²) in [5.74, 6) is 0.446. The number of fused-ring (bicyclic) bond motifs is 1. The SMILES string of the molecule is CC1(C)OB(c2ccc3nc(NCc4ccc(C(F)(F)F)cc4)cc(C(=O)N4CCC[C@H]4CN4CCCC4)c3c2)OC1(C)C. The van der Waals surface area contributed by atoms with E-state index in [-0.39, 0.29) is 18.5 Å². The van der Waals surface area contributed by atoms with Crippen molar-refractivity contribution in [3.05, 3.63) is 65.2 Å². The molecule has 3 saturated heterocycles. The van der Waals surface area contributed by atoms with Crippen molar-refractivity contribution in [2.45, 2.75) is 83.3 Å². The number of halogens is 3. The fraction of sp³-hybridized carbons (Fsp3) is 0.515. The van der Waals surface area contributed by atoms with Gasteiger partial charge in [0.25, 0.3) is 5.91 Å². The molecule has 11 heteroatoms. The number of carbonyl (C=O) groups excluding carboxylic acids is 1. The van der Waals surface area contributed by atoms with Gasteiger partial charge >= 0.3 is 13.3 Å². The van der Waals surface area contributed by atoms with Crippen molar-refractivity contribution in [3.63, 3.8) is 0 Å². The Morgan fingerprint density at radius 2 is 1.66 bits per heavy atom. The van der Waals surface area contributed by atoms with Gasteiger partial charge in [-0.25, -0.2) is 4.98 Å². The maximum Gasteiger partial charge on any atom is 0.494 e. The number of hydrogen-bond donors (Lipinski definition) is 1. The maximum absolute atomic E-state index is 14.3. The van der Waals surface area contributed by atoms with Crippen LogP contribution < -0.4 is 10.8 Å². The zero-order chi connectivity index (χ0) is 31.3. The van der Waals surface area contributed by atoms with Gasteiger partial charge in [-0.2, -0.15) is 13.2 Å². The molecule has 1 aromatic heterocycles. The Morgan fingerprint density at radius 3 is 2.32 bits per heavy atom. The first-order valence-corrected chi connectivity index (χ1v) is 15.5. The van der Waals surface area contributed by atoms with Gasteiger partial charge in [0.1, 0.15) is 5.82 Å². The normalized spacial score (nSPS) is 21.8. The van der Waals surface area contributed by atoms with Crippen LogP contribution in [0.1, 0.15) is 74.9 Å². The predicted molar refractivity (Wildman–Crippen MR) is 166 cm³/mol. The number of nitrogens with zero attached hydrogens (tertiary/aromatic N) is 3. The van der Waals surface area contributed by atoms with Gasteiger partial charge in [0.15, 0.2) is 0 Å². The Kier molecular flexibility index (Phi) is 8.17. The Hall–Kier alpha value is -3.15. The Bertz CT molecular complexity index is 1510. The molecule has 0 aliphatic carbocycles. The third-order valence-corrected chi connectivity index (χ3v) is 9.65. The molecule has 4 heterocycles. The van der Waals surface area contributed by atoms with E-state index < -0.39 is 30.1 Å². The quantitative estimate of drug-likeness (QED) is 0.339. The molecule has 0 saturated carbocycles. The lowest BCUT2D eigenvalue weighted by Crippen LogP contribution is -2.42. The number of hydrogen-bond acceptors (Lipinski definition) is 6. The van der Waals surface area contributed by atoms with Gasteiger partial charge in [0, 0.05) is 31.1 Å². The van der Waals surface area contributed by atoms with Gasteiger partial charge < -0.3 is 24.4 Å². The molecule has 234 valence electrons. The van der Waals surface area contributed by atoms with Crippen LogP contribution in [0.15, 0.2) is 48.5 Å². The minimum atomic E-state index is -4.39. The number of nitrogens with one attached hydrogen (secondary N) is 1. The summed E-state index contributed by atoms with van der Waals surface area (Å²) >= 11 is 0. The second-order valence-corrected chi connectivity index (χ2v) is 13.3. The molecule has 3 aromatic rings. The zero-order valence-electron chi connectivity index (χ0n) is 25.8. The topological polar surface area (TPSA) is 66.9 Å². The number of amides is 1. The number of aromatic nitrogens is 1. The summed E-state index contributed by atoms with van der Waals surface area (Å²) in [6.07, 6.45) is -0.0478. The summed E-state index contributed by atoms with van der Waals surface area (Å²) in [7, 11) is -0.584. The molecule has 0 bridgehead atoms. The van der Waals surface area contributed by atoms with Gasteiger partial charge in [-0.05, 0) is 102 Å². The smallest absolute Gasteiger partial charge is 0.399 e. The van der Waals surface area contributed by atoms with E-state index in [4.69, 9.17) is 14.3 Å². The number of benzene rings is 2. The average molecular weight is 609 g/mol. The highest BCUT2D eigenvalue weighted by atomic mass is 19.4. The summed E-state index contributed by atoms with van der Waals surface area (Å²) in [6.45, 7) is 12.0. The summed E-state index contributed by atoms with van der Waals surface area (Å²) in [6, 6.07) is 12.7. The van der Waals surface area contributed by atoms with E-state index in [9.17, 15) is 18.0 Å². The molecular weight excluding hydrogens is 568 g/mol. The van der Waals surface area contributed by atoms with Crippen molar-refractivity contribution in [2.75, 3.05) is 31.5 Å². The van der Waals surface area contributed by atoms with Crippen molar-refractivity contribution < 1.29 is 27.3 Å². The van der Waals surface area contributed by atoms with Crippen LogP contribution in [0.4, 0.5) is 19.0 Å². The molecule has 0 spiro atoms. The molecule has 1 amide bonds. The fourth-order valence-corrected chi connectivity index (χ4v) is 6.35. The molecule has 3 aliphatic rings. The van der Waals surface area contributed by atoms with Crippen molar-refractivity contribution in [2.24, 2.45) is 0 Å². The highest BCUT2D eigenvalue weighted by molar-refractivity contribution is 6.62. The number of carbonyl (C=O) groups is 1. The highest BCUT2D eigenvalue weighted by Crippen LogP contribution is 2.37. The van der Waals surface area contributed by atoms with Gasteiger partial charge in [0.05, 0.1) is 27.8 Å². The van der Waals surface area contributed by atoms with Crippen molar-refractivity contribution in [3.8, 4) is 0 Å². The zero-order valence-corrected chi connectivity index (χ0v) is 25.8. The molecular formula is C33H40BF3N4O3. The van der Waals surface area contributed by atoms with Crippen molar-refractivity contribution in [1.29, 1.82) is 0 Å². The molecule has 6 rings (SSSR count). The minimum Gasteiger partial charge on any atom is -0.399 e. The van der Waals surface area contributed by atoms with Crippen LogP contribution in [0, 0.1) is 0 Å². The average Bonchev–Trinajstić information content (AvgIpc) is 3.71. The maximum atomic E-state index is 14.3. The van der Waals surface area contributed by atoms with Crippen molar-refractivity contribution >= 4 is 35.2 Å². The van der Waals surface area contributed by atoms with Gasteiger partial charge in [-0.1, -0.05) is 24.3 Å². The lowest BCUT2D eigenvalue weighted by molar-refractivity contribution is -0.137. The van der Waals surface area contributed by atoms with E-state index in [2.05, 4.69) is 10.2 Å². The first-order valence-electron chi connectivity index (χ1n) is 15.5. The number of pyridine rings is 1. The molecule has 2 aromatic carbocycles. The van der Waals surface area contributed by atoms with E-state index in [1.54, 1.807) is 6.07 Å². The first kappa shape index (κ1) is 30.9. The molecule has 1 N–H and O–H groups in total. The van der Waals surface area contributed by atoms with Gasteiger partial charge in [-0.3, -0.25) is 4.79 Å². The number of anilines is 1. The lowest BCUT2D eigenvalue weighted by atomic mass is 9.78. The summed E-state index contributed by atoms with van der Waals surface area (Å²) in [4.78, 5) is 23.6. The number of likely N-dealkylation sites (tertiary alicyclic amines) is 2. The molecule has 3 aliphatic heterocycles. The molecule has 7 nitrogen and oxygen atoms in total. The van der Waals surface area contributed by atoms with Gasteiger partial charge in [-0.15, -0.1) is 0 Å². The second kappa shape index (κ2) is 11.7. The lowest BCUT2D eigenvalue weighted by Gasteiger charge is -2.32. The van der Waals surface area contributed by atoms with E-state index in [1.165, 1.54) is 25.0 Å². The summed E-state index contributed by atoms with van der Waals surface area (Å²) in [5.41, 5.74) is 0.964. The van der Waals surface area contributed by atoms with Crippen LogP contribution in [0.25, 0.3) is 10.9 Å². The van der Waals surface area contributed by atoms with Crippen LogP contribution in [0.5, 0.6) is 0 Å². The van der Waals surface area contributed by atoms with Gasteiger partial charge in [0.2, 0.25) is 0 Å². The minimum absolute atomic E-state index is 0.0391. The Labute approximate surface area is 257 Å².